The molecule has 4 aromatic carbocycles. The van der Waals surface area contributed by atoms with Crippen LogP contribution >= 0.6 is 11.8 Å². The molecule has 0 atom stereocenters. The molecule has 7 heteroatoms. The highest BCUT2D eigenvalue weighted by Gasteiger charge is 2.30. The van der Waals surface area contributed by atoms with Gasteiger partial charge in [-0.2, -0.15) is 0 Å². The molecule has 2 aliphatic rings. The molecule has 1 amide bonds. The standard InChI is InChI=1S/C34H30N4O2S/c1-36-33(39)32(41-34(36)35-28-12-14-29(15-13-28)37-16-18-40-19-17-37)21-27-23-38(31-9-5-4-8-30(27)31)22-24-10-11-25-6-2-3-7-26(25)20-24/h2-15,20-21,23H,16-19,22H2,1H3/b32-21-,35-34?. The topological polar surface area (TPSA) is 50.1 Å². The lowest BCUT2D eigenvalue weighted by atomic mass is 10.1. The number of amidine groups is 1. The smallest absolute Gasteiger partial charge is 0.266 e. The van der Waals surface area contributed by atoms with Crippen molar-refractivity contribution in [3.63, 3.8) is 0 Å². The molecular weight excluding hydrogens is 528 g/mol. The van der Waals surface area contributed by atoms with Gasteiger partial charge in [0.1, 0.15) is 0 Å². The summed E-state index contributed by atoms with van der Waals surface area (Å²) in [6.45, 7) is 4.06. The van der Waals surface area contributed by atoms with Crippen molar-refractivity contribution in [2.24, 2.45) is 4.99 Å². The second-order valence-electron chi connectivity index (χ2n) is 10.4. The number of nitrogens with zero attached hydrogens (tertiary/aromatic N) is 4. The van der Waals surface area contributed by atoms with E-state index in [2.05, 4.69) is 88.5 Å². The Bertz CT molecular complexity index is 1820. The second kappa shape index (κ2) is 10.9. The third-order valence-electron chi connectivity index (χ3n) is 7.73. The number of rotatable bonds is 5. The van der Waals surface area contributed by atoms with E-state index in [1.807, 2.05) is 24.3 Å². The molecule has 0 N–H and O–H groups in total. The molecule has 0 aliphatic carbocycles. The van der Waals surface area contributed by atoms with Crippen LogP contribution in [0.2, 0.25) is 0 Å². The molecule has 2 saturated heterocycles. The molecule has 2 fully saturated rings. The Morgan fingerprint density at radius 1 is 0.902 bits per heavy atom. The number of fused-ring (bicyclic) bond motifs is 2. The van der Waals surface area contributed by atoms with Gasteiger partial charge in [0.05, 0.1) is 23.8 Å². The molecule has 1 aromatic heterocycles. The summed E-state index contributed by atoms with van der Waals surface area (Å²) in [7, 11) is 1.79. The van der Waals surface area contributed by atoms with Crippen LogP contribution in [0.5, 0.6) is 0 Å². The Balaban J connectivity index is 1.15. The van der Waals surface area contributed by atoms with Gasteiger partial charge in [-0.1, -0.05) is 54.6 Å². The van der Waals surface area contributed by atoms with E-state index < -0.39 is 0 Å². The van der Waals surface area contributed by atoms with Crippen LogP contribution < -0.4 is 4.90 Å². The van der Waals surface area contributed by atoms with Crippen LogP contribution in [0.15, 0.2) is 107 Å². The highest BCUT2D eigenvalue weighted by atomic mass is 32.2. The van der Waals surface area contributed by atoms with Gasteiger partial charge in [-0.25, -0.2) is 4.99 Å². The average molecular weight is 559 g/mol. The Hall–Kier alpha value is -4.33. The van der Waals surface area contributed by atoms with E-state index >= 15 is 0 Å². The van der Waals surface area contributed by atoms with Crippen molar-refractivity contribution in [3.8, 4) is 0 Å². The Morgan fingerprint density at radius 2 is 1.66 bits per heavy atom. The van der Waals surface area contributed by atoms with Gasteiger partial charge in [-0.3, -0.25) is 9.69 Å². The number of benzene rings is 4. The number of aromatic nitrogens is 1. The van der Waals surface area contributed by atoms with Crippen molar-refractivity contribution >= 4 is 62.0 Å². The first-order chi connectivity index (χ1) is 20.1. The number of anilines is 1. The molecule has 6 nitrogen and oxygen atoms in total. The first-order valence-corrected chi connectivity index (χ1v) is 14.7. The van der Waals surface area contributed by atoms with E-state index in [4.69, 9.17) is 9.73 Å². The van der Waals surface area contributed by atoms with Gasteiger partial charge in [0.15, 0.2) is 5.17 Å². The van der Waals surface area contributed by atoms with Crippen molar-refractivity contribution in [1.82, 2.24) is 9.47 Å². The summed E-state index contributed by atoms with van der Waals surface area (Å²) < 4.78 is 7.73. The van der Waals surface area contributed by atoms with Gasteiger partial charge in [0.2, 0.25) is 0 Å². The number of aliphatic imine (C=N–C) groups is 1. The fourth-order valence-corrected chi connectivity index (χ4v) is 6.50. The fraction of sp³-hybridized carbons (Fsp3) is 0.176. The molecule has 3 heterocycles. The normalized spacial score (nSPS) is 17.9. The zero-order chi connectivity index (χ0) is 27.8. The summed E-state index contributed by atoms with van der Waals surface area (Å²) in [5.41, 5.74) is 5.41. The number of morpholine rings is 1. The number of hydrogen-bond acceptors (Lipinski definition) is 5. The number of thioether (sulfide) groups is 1. The average Bonchev–Trinajstić information content (AvgIpc) is 3.49. The molecule has 0 spiro atoms. The minimum absolute atomic E-state index is 0.0370. The summed E-state index contributed by atoms with van der Waals surface area (Å²) in [4.78, 5) is 22.7. The molecule has 0 radical (unpaired) electrons. The minimum atomic E-state index is -0.0370. The summed E-state index contributed by atoms with van der Waals surface area (Å²) in [6.07, 6.45) is 4.16. The number of ether oxygens (including phenoxy) is 1. The van der Waals surface area contributed by atoms with Gasteiger partial charge >= 0.3 is 0 Å². The number of para-hydroxylation sites is 1. The molecule has 7 rings (SSSR count). The van der Waals surface area contributed by atoms with Crippen molar-refractivity contribution in [2.45, 2.75) is 6.54 Å². The van der Waals surface area contributed by atoms with E-state index in [0.717, 1.165) is 55.0 Å². The van der Waals surface area contributed by atoms with E-state index in [9.17, 15) is 4.79 Å². The van der Waals surface area contributed by atoms with Gasteiger partial charge in [0, 0.05) is 55.0 Å². The highest BCUT2D eigenvalue weighted by Crippen LogP contribution is 2.35. The SMILES string of the molecule is CN1C(=O)/C(=C/c2cn(Cc3ccc4ccccc4c3)c3ccccc23)SC1=Nc1ccc(N2CCOCC2)cc1. The van der Waals surface area contributed by atoms with Gasteiger partial charge in [0.25, 0.3) is 5.91 Å². The Morgan fingerprint density at radius 3 is 2.49 bits per heavy atom. The fourth-order valence-electron chi connectivity index (χ4n) is 5.52. The largest absolute Gasteiger partial charge is 0.378 e. The third kappa shape index (κ3) is 5.14. The van der Waals surface area contributed by atoms with Crippen molar-refractivity contribution < 1.29 is 9.53 Å². The number of likely N-dealkylation sites (N-methyl/N-ethyl adjacent to an activating group) is 1. The van der Waals surface area contributed by atoms with E-state index in [-0.39, 0.29) is 5.91 Å². The lowest BCUT2D eigenvalue weighted by Crippen LogP contribution is -2.36. The Kier molecular flexibility index (Phi) is 6.82. The van der Waals surface area contributed by atoms with E-state index in [1.165, 1.54) is 33.8 Å². The second-order valence-corrected chi connectivity index (χ2v) is 11.4. The monoisotopic (exact) mass is 558 g/mol. The lowest BCUT2D eigenvalue weighted by Gasteiger charge is -2.28. The zero-order valence-corrected chi connectivity index (χ0v) is 23.7. The minimum Gasteiger partial charge on any atom is -0.378 e. The van der Waals surface area contributed by atoms with Crippen LogP contribution in [0.4, 0.5) is 11.4 Å². The summed E-state index contributed by atoms with van der Waals surface area (Å²) in [5, 5.41) is 4.29. The third-order valence-corrected chi connectivity index (χ3v) is 8.79. The van der Waals surface area contributed by atoms with E-state index in [1.54, 1.807) is 11.9 Å². The van der Waals surface area contributed by atoms with Gasteiger partial charge in [-0.05, 0) is 70.6 Å². The lowest BCUT2D eigenvalue weighted by molar-refractivity contribution is -0.121. The van der Waals surface area contributed by atoms with Crippen LogP contribution in [-0.2, 0) is 16.1 Å². The van der Waals surface area contributed by atoms with Crippen molar-refractivity contribution in [3.05, 3.63) is 113 Å². The van der Waals surface area contributed by atoms with Crippen molar-refractivity contribution in [1.29, 1.82) is 0 Å². The molecule has 204 valence electrons. The number of carbonyl (C=O) groups excluding carboxylic acids is 1. The van der Waals surface area contributed by atoms with Crippen LogP contribution in [0.3, 0.4) is 0 Å². The first-order valence-electron chi connectivity index (χ1n) is 13.9. The maximum atomic E-state index is 13.3. The maximum absolute atomic E-state index is 13.3. The summed E-state index contributed by atoms with van der Waals surface area (Å²) in [6, 6.07) is 31.6. The van der Waals surface area contributed by atoms with Crippen LogP contribution in [0.1, 0.15) is 11.1 Å². The van der Waals surface area contributed by atoms with E-state index in [0.29, 0.717) is 10.1 Å². The molecule has 41 heavy (non-hydrogen) atoms. The predicted octanol–water partition coefficient (Wildman–Crippen LogP) is 6.91. The molecule has 2 aliphatic heterocycles. The zero-order valence-electron chi connectivity index (χ0n) is 22.9. The summed E-state index contributed by atoms with van der Waals surface area (Å²) in [5.74, 6) is -0.0370. The highest BCUT2D eigenvalue weighted by molar-refractivity contribution is 8.18. The number of hydrogen-bond donors (Lipinski definition) is 0. The number of amides is 1. The van der Waals surface area contributed by atoms with Crippen LogP contribution in [-0.4, -0.2) is 53.9 Å². The first kappa shape index (κ1) is 25.6. The molecular formula is C34H30N4O2S. The van der Waals surface area contributed by atoms with Gasteiger partial charge in [-0.15, -0.1) is 0 Å². The predicted molar refractivity (Wildman–Crippen MR) is 170 cm³/mol. The molecule has 0 saturated carbocycles. The quantitative estimate of drug-likeness (QED) is 0.220. The Labute approximate surface area is 243 Å². The maximum Gasteiger partial charge on any atom is 0.266 e. The summed E-state index contributed by atoms with van der Waals surface area (Å²) >= 11 is 1.42. The molecule has 0 unspecified atom stereocenters. The number of carbonyl (C=O) groups is 1. The molecule has 5 aromatic rings. The van der Waals surface area contributed by atoms with Crippen LogP contribution in [0, 0.1) is 0 Å². The van der Waals surface area contributed by atoms with Crippen molar-refractivity contribution in [2.75, 3.05) is 38.3 Å². The van der Waals surface area contributed by atoms with Gasteiger partial charge < -0.3 is 14.2 Å². The molecule has 0 bridgehead atoms. The van der Waals surface area contributed by atoms with Crippen LogP contribution in [0.25, 0.3) is 27.8 Å².